The van der Waals surface area contributed by atoms with Crippen molar-refractivity contribution in [2.24, 2.45) is 5.92 Å². The Morgan fingerprint density at radius 2 is 2.32 bits per heavy atom. The zero-order valence-electron chi connectivity index (χ0n) is 10.3. The molecule has 1 aromatic heterocycles. The second kappa shape index (κ2) is 3.79. The first-order chi connectivity index (χ1) is 9.33. The number of carbonyl (C=O) groups is 1. The van der Waals surface area contributed by atoms with Crippen LogP contribution in [0.5, 0.6) is 0 Å². The molecule has 1 unspecified atom stereocenters. The van der Waals surface area contributed by atoms with Gasteiger partial charge in [0, 0.05) is 30.4 Å². The fraction of sp³-hybridized carbons (Fsp3) is 0.125. The van der Waals surface area contributed by atoms with E-state index in [0.717, 1.165) is 16.7 Å². The van der Waals surface area contributed by atoms with Gasteiger partial charge in [-0.3, -0.25) is 9.78 Å². The lowest BCUT2D eigenvalue weighted by molar-refractivity contribution is -0.117. The molecule has 0 fully saturated rings. The molecule has 3 aliphatic carbocycles. The molecule has 0 bridgehead atoms. The summed E-state index contributed by atoms with van der Waals surface area (Å²) in [5.74, 6) is 0.484. The van der Waals surface area contributed by atoms with Crippen LogP contribution in [0.2, 0.25) is 0 Å². The molecular formula is C16H12N2O. The lowest BCUT2D eigenvalue weighted by Gasteiger charge is -2.08. The number of fused-ring (bicyclic) bond motifs is 3. The second-order valence-corrected chi connectivity index (χ2v) is 4.95. The number of aromatic nitrogens is 1. The first-order valence-corrected chi connectivity index (χ1v) is 6.36. The normalized spacial score (nSPS) is 21.8. The average Bonchev–Trinajstić information content (AvgIpc) is 2.93. The summed E-state index contributed by atoms with van der Waals surface area (Å²) in [4.78, 5) is 16.2. The third-order valence-electron chi connectivity index (χ3n) is 3.71. The Bertz CT molecular complexity index is 693. The quantitative estimate of drug-likeness (QED) is 0.889. The number of carbonyl (C=O) groups excluding carboxylic acids is 1. The molecule has 0 saturated carbocycles. The zero-order chi connectivity index (χ0) is 12.8. The number of nitrogens with one attached hydrogen (secondary N) is 1. The minimum Gasteiger partial charge on any atom is -0.348 e. The highest BCUT2D eigenvalue weighted by atomic mass is 16.1. The van der Waals surface area contributed by atoms with Crippen LogP contribution in [0.1, 0.15) is 5.56 Å². The lowest BCUT2D eigenvalue weighted by Crippen LogP contribution is -2.24. The predicted molar refractivity (Wildman–Crippen MR) is 71.9 cm³/mol. The number of amides is 1. The first-order valence-electron chi connectivity index (χ1n) is 6.36. The zero-order valence-corrected chi connectivity index (χ0v) is 10.3. The van der Waals surface area contributed by atoms with Crippen LogP contribution in [-0.2, 0) is 11.3 Å². The highest BCUT2D eigenvalue weighted by molar-refractivity contribution is 6.02. The maximum absolute atomic E-state index is 12.2. The van der Waals surface area contributed by atoms with Gasteiger partial charge in [-0.15, -0.1) is 0 Å². The van der Waals surface area contributed by atoms with Crippen molar-refractivity contribution in [3.05, 3.63) is 76.7 Å². The van der Waals surface area contributed by atoms with Crippen LogP contribution in [0.25, 0.3) is 0 Å². The summed E-state index contributed by atoms with van der Waals surface area (Å²) in [6.45, 7) is 0.513. The molecule has 1 heterocycles. The summed E-state index contributed by atoms with van der Waals surface area (Å²) in [7, 11) is 0. The smallest absolute Gasteiger partial charge is 0.252 e. The average molecular weight is 248 g/mol. The monoisotopic (exact) mass is 248 g/mol. The van der Waals surface area contributed by atoms with Crippen molar-refractivity contribution in [2.45, 2.75) is 6.54 Å². The highest BCUT2D eigenvalue weighted by Gasteiger charge is 2.39. The van der Waals surface area contributed by atoms with Gasteiger partial charge in [0.25, 0.3) is 5.91 Å². The maximum atomic E-state index is 12.2. The van der Waals surface area contributed by atoms with Crippen LogP contribution in [-0.4, -0.2) is 10.9 Å². The molecule has 0 aliphatic heterocycles. The number of pyridine rings is 1. The summed E-state index contributed by atoms with van der Waals surface area (Å²) in [6, 6.07) is 3.82. The van der Waals surface area contributed by atoms with E-state index in [2.05, 4.69) is 28.5 Å². The molecule has 0 radical (unpaired) electrons. The molecule has 0 aromatic carbocycles. The van der Waals surface area contributed by atoms with Crippen molar-refractivity contribution in [2.75, 3.05) is 0 Å². The molecule has 1 N–H and O–H groups in total. The third kappa shape index (κ3) is 1.66. The van der Waals surface area contributed by atoms with Gasteiger partial charge in [-0.05, 0) is 40.5 Å². The van der Waals surface area contributed by atoms with Gasteiger partial charge in [0.1, 0.15) is 0 Å². The van der Waals surface area contributed by atoms with Crippen LogP contribution in [0.3, 0.4) is 0 Å². The largest absolute Gasteiger partial charge is 0.348 e. The number of nitrogens with zero attached hydrogens (tertiary/aromatic N) is 1. The van der Waals surface area contributed by atoms with E-state index in [0.29, 0.717) is 12.5 Å². The van der Waals surface area contributed by atoms with E-state index in [4.69, 9.17) is 0 Å². The Kier molecular flexibility index (Phi) is 2.09. The van der Waals surface area contributed by atoms with Gasteiger partial charge in [0.15, 0.2) is 0 Å². The van der Waals surface area contributed by atoms with Gasteiger partial charge in [-0.2, -0.15) is 0 Å². The fourth-order valence-electron chi connectivity index (χ4n) is 2.64. The molecular weight excluding hydrogens is 236 g/mol. The minimum absolute atomic E-state index is 0.0109. The predicted octanol–water partition coefficient (Wildman–Crippen LogP) is 2.06. The van der Waals surface area contributed by atoms with Crippen LogP contribution < -0.4 is 5.32 Å². The van der Waals surface area contributed by atoms with Crippen molar-refractivity contribution in [3.8, 4) is 0 Å². The number of hydrogen-bond acceptors (Lipinski definition) is 2. The number of allylic oxidation sites excluding steroid dienone is 6. The number of rotatable bonds is 3. The topological polar surface area (TPSA) is 42.0 Å². The second-order valence-electron chi connectivity index (χ2n) is 4.95. The van der Waals surface area contributed by atoms with Gasteiger partial charge >= 0.3 is 0 Å². The van der Waals surface area contributed by atoms with Crippen molar-refractivity contribution >= 4 is 5.91 Å². The van der Waals surface area contributed by atoms with Gasteiger partial charge < -0.3 is 5.32 Å². The van der Waals surface area contributed by atoms with E-state index in [1.165, 1.54) is 11.1 Å². The van der Waals surface area contributed by atoms with E-state index < -0.39 is 0 Å². The standard InChI is InChI=1S/C16H12N2O/c19-16(18-9-10-2-1-5-17-8-10)13-4-3-12-14-6-11(14)7-15(12)13/h1-8,14H,9H2,(H,18,19). The molecule has 0 spiro atoms. The highest BCUT2D eigenvalue weighted by Crippen LogP contribution is 2.51. The summed E-state index contributed by atoms with van der Waals surface area (Å²) in [5, 5.41) is 2.94. The van der Waals surface area contributed by atoms with E-state index in [1.807, 2.05) is 18.2 Å². The first kappa shape index (κ1) is 10.5. The fourth-order valence-corrected chi connectivity index (χ4v) is 2.64. The Morgan fingerprint density at radius 3 is 3.16 bits per heavy atom. The molecule has 1 amide bonds. The molecule has 0 saturated heterocycles. The third-order valence-corrected chi connectivity index (χ3v) is 3.71. The molecule has 4 rings (SSSR count). The number of hydrogen-bond donors (Lipinski definition) is 1. The maximum Gasteiger partial charge on any atom is 0.252 e. The molecule has 1 aromatic rings. The molecule has 92 valence electrons. The SMILES string of the molecule is O=C(NCc1cccnc1)C1=CC=C2C1=CC1=CC12. The van der Waals surface area contributed by atoms with Crippen molar-refractivity contribution in [1.82, 2.24) is 10.3 Å². The molecule has 3 heteroatoms. The van der Waals surface area contributed by atoms with Gasteiger partial charge in [0.05, 0.1) is 0 Å². The summed E-state index contributed by atoms with van der Waals surface area (Å²) in [6.07, 6.45) is 11.8. The van der Waals surface area contributed by atoms with Crippen molar-refractivity contribution < 1.29 is 4.79 Å². The Hall–Kier alpha value is -2.42. The van der Waals surface area contributed by atoms with Crippen LogP contribution >= 0.6 is 0 Å². The minimum atomic E-state index is -0.0109. The molecule has 3 nitrogen and oxygen atoms in total. The summed E-state index contributed by atoms with van der Waals surface area (Å²) in [5.41, 5.74) is 5.53. The van der Waals surface area contributed by atoms with Crippen molar-refractivity contribution in [1.29, 1.82) is 0 Å². The van der Waals surface area contributed by atoms with E-state index in [9.17, 15) is 4.79 Å². The Balaban J connectivity index is 1.45. The van der Waals surface area contributed by atoms with Crippen LogP contribution in [0.4, 0.5) is 0 Å². The van der Waals surface area contributed by atoms with E-state index in [-0.39, 0.29) is 5.91 Å². The van der Waals surface area contributed by atoms with Crippen molar-refractivity contribution in [3.63, 3.8) is 0 Å². The lowest BCUT2D eigenvalue weighted by atomic mass is 10.0. The Labute approximate surface area is 111 Å². The molecule has 1 atom stereocenters. The van der Waals surface area contributed by atoms with Gasteiger partial charge in [-0.25, -0.2) is 0 Å². The van der Waals surface area contributed by atoms with Gasteiger partial charge in [-0.1, -0.05) is 18.2 Å². The van der Waals surface area contributed by atoms with E-state index in [1.54, 1.807) is 12.4 Å². The van der Waals surface area contributed by atoms with E-state index >= 15 is 0 Å². The summed E-state index contributed by atoms with van der Waals surface area (Å²) < 4.78 is 0. The summed E-state index contributed by atoms with van der Waals surface area (Å²) >= 11 is 0. The van der Waals surface area contributed by atoms with Crippen LogP contribution in [0.15, 0.2) is 71.1 Å². The Morgan fingerprint density at radius 1 is 1.37 bits per heavy atom. The van der Waals surface area contributed by atoms with Crippen LogP contribution in [0, 0.1) is 5.92 Å². The molecule has 3 aliphatic rings. The molecule has 19 heavy (non-hydrogen) atoms. The van der Waals surface area contributed by atoms with Gasteiger partial charge in [0.2, 0.25) is 0 Å².